The summed E-state index contributed by atoms with van der Waals surface area (Å²) in [7, 11) is 0. The summed E-state index contributed by atoms with van der Waals surface area (Å²) in [4.78, 5) is 15.1. The topological polar surface area (TPSA) is 67.5 Å². The first-order valence-electron chi connectivity index (χ1n) is 4.84. The number of aromatic carboxylic acids is 1. The highest BCUT2D eigenvalue weighted by atomic mass is 16.4. The van der Waals surface area contributed by atoms with E-state index in [4.69, 9.17) is 5.11 Å². The standard InChI is InChI=1S/C10H9N3O2/c14-10(15)8-7-2-1-5-11-13(7)9(12-8)6-3-4-6/h1-2,5-6H,3-4H2,(H,14,15). The molecule has 0 amide bonds. The highest BCUT2D eigenvalue weighted by molar-refractivity contribution is 5.93. The van der Waals surface area contributed by atoms with Crippen LogP contribution in [0.2, 0.25) is 0 Å². The molecule has 2 heterocycles. The van der Waals surface area contributed by atoms with Crippen LogP contribution in [0.3, 0.4) is 0 Å². The summed E-state index contributed by atoms with van der Waals surface area (Å²) in [5.74, 6) is 0.177. The number of hydrogen-bond acceptors (Lipinski definition) is 3. The van der Waals surface area contributed by atoms with Crippen LogP contribution in [0.25, 0.3) is 5.52 Å². The van der Waals surface area contributed by atoms with Crippen LogP contribution in [-0.4, -0.2) is 25.7 Å². The normalized spacial score (nSPS) is 15.7. The number of imidazole rings is 1. The largest absolute Gasteiger partial charge is 0.476 e. The van der Waals surface area contributed by atoms with Crippen molar-refractivity contribution in [3.05, 3.63) is 29.8 Å². The van der Waals surface area contributed by atoms with Crippen molar-refractivity contribution in [2.24, 2.45) is 0 Å². The van der Waals surface area contributed by atoms with Gasteiger partial charge in [-0.15, -0.1) is 0 Å². The highest BCUT2D eigenvalue weighted by Gasteiger charge is 2.30. The molecule has 5 heteroatoms. The molecule has 0 aromatic carbocycles. The zero-order valence-electron chi connectivity index (χ0n) is 7.92. The van der Waals surface area contributed by atoms with Gasteiger partial charge in [-0.3, -0.25) is 0 Å². The lowest BCUT2D eigenvalue weighted by Gasteiger charge is -1.95. The van der Waals surface area contributed by atoms with Gasteiger partial charge in [-0.05, 0) is 25.0 Å². The average Bonchev–Trinajstić information content (AvgIpc) is 2.99. The van der Waals surface area contributed by atoms with E-state index >= 15 is 0 Å². The molecule has 1 saturated carbocycles. The van der Waals surface area contributed by atoms with Gasteiger partial charge in [-0.2, -0.15) is 5.10 Å². The number of rotatable bonds is 2. The first kappa shape index (κ1) is 8.40. The zero-order chi connectivity index (χ0) is 10.4. The smallest absolute Gasteiger partial charge is 0.356 e. The van der Waals surface area contributed by atoms with Crippen molar-refractivity contribution in [2.75, 3.05) is 0 Å². The summed E-state index contributed by atoms with van der Waals surface area (Å²) in [6, 6.07) is 3.45. The third kappa shape index (κ3) is 1.20. The van der Waals surface area contributed by atoms with Gasteiger partial charge in [0, 0.05) is 12.1 Å². The maximum Gasteiger partial charge on any atom is 0.356 e. The van der Waals surface area contributed by atoms with Crippen LogP contribution in [0, 0.1) is 0 Å². The van der Waals surface area contributed by atoms with E-state index in [9.17, 15) is 4.79 Å². The lowest BCUT2D eigenvalue weighted by molar-refractivity contribution is 0.0693. The molecule has 0 spiro atoms. The number of carbonyl (C=O) groups is 1. The van der Waals surface area contributed by atoms with E-state index < -0.39 is 5.97 Å². The maximum atomic E-state index is 11.0. The Labute approximate surface area is 85.4 Å². The van der Waals surface area contributed by atoms with E-state index in [1.54, 1.807) is 22.8 Å². The molecule has 1 aliphatic carbocycles. The van der Waals surface area contributed by atoms with Gasteiger partial charge < -0.3 is 5.11 Å². The van der Waals surface area contributed by atoms with Crippen LogP contribution in [0.15, 0.2) is 18.3 Å². The lowest BCUT2D eigenvalue weighted by Crippen LogP contribution is -1.97. The fourth-order valence-corrected chi connectivity index (χ4v) is 1.72. The van der Waals surface area contributed by atoms with Crippen LogP contribution >= 0.6 is 0 Å². The Hall–Kier alpha value is -1.91. The Morgan fingerprint density at radius 1 is 1.53 bits per heavy atom. The summed E-state index contributed by atoms with van der Waals surface area (Å²) in [6.07, 6.45) is 3.80. The summed E-state index contributed by atoms with van der Waals surface area (Å²) in [5.41, 5.74) is 0.678. The molecule has 0 atom stereocenters. The van der Waals surface area contributed by atoms with E-state index in [0.717, 1.165) is 18.7 Å². The van der Waals surface area contributed by atoms with Crippen LogP contribution < -0.4 is 0 Å². The van der Waals surface area contributed by atoms with E-state index in [1.165, 1.54) is 0 Å². The maximum absolute atomic E-state index is 11.0. The predicted molar refractivity (Wildman–Crippen MR) is 51.9 cm³/mol. The fourth-order valence-electron chi connectivity index (χ4n) is 1.72. The summed E-state index contributed by atoms with van der Waals surface area (Å²) in [6.45, 7) is 0. The molecule has 2 aromatic rings. The van der Waals surface area contributed by atoms with Crippen molar-refractivity contribution in [2.45, 2.75) is 18.8 Å². The third-order valence-corrected chi connectivity index (χ3v) is 2.58. The molecule has 1 aliphatic rings. The van der Waals surface area contributed by atoms with Crippen molar-refractivity contribution in [1.82, 2.24) is 14.6 Å². The van der Waals surface area contributed by atoms with Gasteiger partial charge in [0.25, 0.3) is 0 Å². The molecule has 1 fully saturated rings. The van der Waals surface area contributed by atoms with E-state index in [-0.39, 0.29) is 5.69 Å². The van der Waals surface area contributed by atoms with Gasteiger partial charge in [0.15, 0.2) is 5.69 Å². The number of hydrogen-bond donors (Lipinski definition) is 1. The van der Waals surface area contributed by atoms with Gasteiger partial charge in [0.2, 0.25) is 0 Å². The molecule has 0 radical (unpaired) electrons. The molecular weight excluding hydrogens is 194 g/mol. The minimum absolute atomic E-state index is 0.102. The van der Waals surface area contributed by atoms with E-state index in [0.29, 0.717) is 11.4 Å². The quantitative estimate of drug-likeness (QED) is 0.798. The number of aromatic nitrogens is 3. The number of fused-ring (bicyclic) bond motifs is 1. The van der Waals surface area contributed by atoms with Crippen LogP contribution in [0.4, 0.5) is 0 Å². The number of nitrogens with zero attached hydrogens (tertiary/aromatic N) is 3. The van der Waals surface area contributed by atoms with Gasteiger partial charge in [-0.25, -0.2) is 14.3 Å². The first-order chi connectivity index (χ1) is 7.27. The molecule has 2 aromatic heterocycles. The minimum atomic E-state index is -0.993. The van der Waals surface area contributed by atoms with E-state index in [2.05, 4.69) is 10.1 Å². The van der Waals surface area contributed by atoms with Gasteiger partial charge in [0.05, 0.1) is 5.52 Å². The number of carboxylic acid groups (broad SMARTS) is 1. The zero-order valence-corrected chi connectivity index (χ0v) is 7.92. The molecule has 1 N–H and O–H groups in total. The summed E-state index contributed by atoms with van der Waals surface area (Å²) in [5, 5.41) is 13.1. The lowest BCUT2D eigenvalue weighted by atomic mass is 10.3. The number of carboxylic acids is 1. The molecule has 0 saturated heterocycles. The van der Waals surface area contributed by atoms with Crippen LogP contribution in [0.5, 0.6) is 0 Å². The Morgan fingerprint density at radius 2 is 2.33 bits per heavy atom. The first-order valence-corrected chi connectivity index (χ1v) is 4.84. The molecule has 15 heavy (non-hydrogen) atoms. The van der Waals surface area contributed by atoms with Gasteiger partial charge in [0.1, 0.15) is 5.82 Å². The second-order valence-corrected chi connectivity index (χ2v) is 3.72. The second-order valence-electron chi connectivity index (χ2n) is 3.72. The molecule has 5 nitrogen and oxygen atoms in total. The van der Waals surface area contributed by atoms with Crippen molar-refractivity contribution >= 4 is 11.5 Å². The molecule has 0 aliphatic heterocycles. The van der Waals surface area contributed by atoms with Gasteiger partial charge in [-0.1, -0.05) is 0 Å². The Kier molecular flexibility index (Phi) is 1.56. The molecule has 3 rings (SSSR count). The molecular formula is C10H9N3O2. The van der Waals surface area contributed by atoms with Crippen molar-refractivity contribution in [1.29, 1.82) is 0 Å². The Balaban J connectivity index is 2.32. The Morgan fingerprint density at radius 3 is 3.00 bits per heavy atom. The molecule has 76 valence electrons. The molecule has 0 unspecified atom stereocenters. The average molecular weight is 203 g/mol. The minimum Gasteiger partial charge on any atom is -0.476 e. The molecule has 0 bridgehead atoms. The second kappa shape index (κ2) is 2.79. The third-order valence-electron chi connectivity index (χ3n) is 2.58. The van der Waals surface area contributed by atoms with Crippen LogP contribution in [-0.2, 0) is 0 Å². The van der Waals surface area contributed by atoms with Crippen molar-refractivity contribution in [3.63, 3.8) is 0 Å². The summed E-state index contributed by atoms with van der Waals surface area (Å²) >= 11 is 0. The SMILES string of the molecule is O=C(O)c1nc(C2CC2)n2ncccc12. The Bertz CT molecular complexity index is 543. The fraction of sp³-hybridized carbons (Fsp3) is 0.300. The van der Waals surface area contributed by atoms with Gasteiger partial charge >= 0.3 is 5.97 Å². The predicted octanol–water partition coefficient (Wildman–Crippen LogP) is 1.30. The van der Waals surface area contributed by atoms with Crippen molar-refractivity contribution < 1.29 is 9.90 Å². The van der Waals surface area contributed by atoms with Crippen LogP contribution in [0.1, 0.15) is 35.1 Å². The summed E-state index contributed by atoms with van der Waals surface area (Å²) < 4.78 is 1.64. The van der Waals surface area contributed by atoms with Crippen molar-refractivity contribution in [3.8, 4) is 0 Å². The highest BCUT2D eigenvalue weighted by Crippen LogP contribution is 2.39. The monoisotopic (exact) mass is 203 g/mol. The van der Waals surface area contributed by atoms with E-state index in [1.807, 2.05) is 0 Å².